The van der Waals surface area contributed by atoms with E-state index in [-0.39, 0.29) is 24.2 Å². The van der Waals surface area contributed by atoms with Gasteiger partial charge in [-0.3, -0.25) is 9.59 Å². The fourth-order valence-electron chi connectivity index (χ4n) is 3.11. The van der Waals surface area contributed by atoms with Gasteiger partial charge < -0.3 is 15.1 Å². The SMILES string of the molecule is CCCN(CCC)C(=O)CCC(=O)N1CCC(CNC)CC1.Cl. The number of rotatable bonds is 9. The summed E-state index contributed by atoms with van der Waals surface area (Å²) in [6.07, 6.45) is 4.79. The largest absolute Gasteiger partial charge is 0.343 e. The van der Waals surface area contributed by atoms with E-state index in [9.17, 15) is 9.59 Å². The highest BCUT2D eigenvalue weighted by molar-refractivity contribution is 5.85. The van der Waals surface area contributed by atoms with Gasteiger partial charge in [0.15, 0.2) is 0 Å². The summed E-state index contributed by atoms with van der Waals surface area (Å²) in [6.45, 7) is 8.48. The molecule has 1 rings (SSSR count). The number of hydrogen-bond acceptors (Lipinski definition) is 3. The van der Waals surface area contributed by atoms with E-state index in [0.29, 0.717) is 18.8 Å². The smallest absolute Gasteiger partial charge is 0.223 e. The van der Waals surface area contributed by atoms with Crippen LogP contribution in [0.2, 0.25) is 0 Å². The van der Waals surface area contributed by atoms with Gasteiger partial charge in [-0.15, -0.1) is 12.4 Å². The highest BCUT2D eigenvalue weighted by Gasteiger charge is 2.23. The molecule has 0 aromatic rings. The summed E-state index contributed by atoms with van der Waals surface area (Å²) < 4.78 is 0. The number of amides is 2. The van der Waals surface area contributed by atoms with Crippen molar-refractivity contribution >= 4 is 24.2 Å². The van der Waals surface area contributed by atoms with Gasteiger partial charge in [0.05, 0.1) is 0 Å². The third-order valence-corrected chi connectivity index (χ3v) is 4.35. The summed E-state index contributed by atoms with van der Waals surface area (Å²) in [5.74, 6) is 0.951. The van der Waals surface area contributed by atoms with Gasteiger partial charge >= 0.3 is 0 Å². The van der Waals surface area contributed by atoms with Crippen molar-refractivity contribution < 1.29 is 9.59 Å². The zero-order chi connectivity index (χ0) is 16.4. The van der Waals surface area contributed by atoms with Gasteiger partial charge in [-0.1, -0.05) is 13.8 Å². The number of carbonyl (C=O) groups excluding carboxylic acids is 2. The van der Waals surface area contributed by atoms with Crippen LogP contribution in [0.3, 0.4) is 0 Å². The monoisotopic (exact) mass is 347 g/mol. The van der Waals surface area contributed by atoms with E-state index in [1.165, 1.54) is 0 Å². The van der Waals surface area contributed by atoms with E-state index < -0.39 is 0 Å². The first-order valence-electron chi connectivity index (χ1n) is 8.82. The summed E-state index contributed by atoms with van der Waals surface area (Å²) in [7, 11) is 1.97. The lowest BCUT2D eigenvalue weighted by Crippen LogP contribution is -2.41. The van der Waals surface area contributed by atoms with Crippen molar-refractivity contribution in [1.29, 1.82) is 0 Å². The molecule has 1 N–H and O–H groups in total. The highest BCUT2D eigenvalue weighted by atomic mass is 35.5. The van der Waals surface area contributed by atoms with Gasteiger partial charge in [0.1, 0.15) is 0 Å². The van der Waals surface area contributed by atoms with Gasteiger partial charge in [-0.2, -0.15) is 0 Å². The van der Waals surface area contributed by atoms with Crippen LogP contribution in [0.25, 0.3) is 0 Å². The van der Waals surface area contributed by atoms with Crippen molar-refractivity contribution in [2.45, 2.75) is 52.4 Å². The lowest BCUT2D eigenvalue weighted by Gasteiger charge is -2.32. The number of carbonyl (C=O) groups is 2. The molecule has 0 bridgehead atoms. The third kappa shape index (κ3) is 8.02. The Bertz CT molecular complexity index is 339. The second-order valence-corrected chi connectivity index (χ2v) is 6.26. The molecule has 1 aliphatic heterocycles. The first-order valence-corrected chi connectivity index (χ1v) is 8.82. The lowest BCUT2D eigenvalue weighted by atomic mass is 9.96. The summed E-state index contributed by atoms with van der Waals surface area (Å²) in [6, 6.07) is 0. The lowest BCUT2D eigenvalue weighted by molar-refractivity contribution is -0.137. The minimum Gasteiger partial charge on any atom is -0.343 e. The molecule has 6 heteroatoms. The minimum atomic E-state index is 0. The molecular weight excluding hydrogens is 314 g/mol. The van der Waals surface area contributed by atoms with Crippen LogP contribution in [0, 0.1) is 5.92 Å². The Morgan fingerprint density at radius 3 is 2.13 bits per heavy atom. The van der Waals surface area contributed by atoms with Crippen LogP contribution >= 0.6 is 12.4 Å². The molecular formula is C17H34ClN3O2. The van der Waals surface area contributed by atoms with Gasteiger partial charge in [-0.05, 0) is 45.2 Å². The van der Waals surface area contributed by atoms with Crippen molar-refractivity contribution in [1.82, 2.24) is 15.1 Å². The Labute approximate surface area is 147 Å². The fourth-order valence-corrected chi connectivity index (χ4v) is 3.11. The second-order valence-electron chi connectivity index (χ2n) is 6.26. The maximum Gasteiger partial charge on any atom is 0.223 e. The third-order valence-electron chi connectivity index (χ3n) is 4.35. The Balaban J connectivity index is 0.00000484. The van der Waals surface area contributed by atoms with Gasteiger partial charge in [0.2, 0.25) is 11.8 Å². The predicted octanol–water partition coefficient (Wildman–Crippen LogP) is 2.30. The molecule has 0 unspecified atom stereocenters. The van der Waals surface area contributed by atoms with E-state index in [1.54, 1.807) is 0 Å². The summed E-state index contributed by atoms with van der Waals surface area (Å²) in [5, 5.41) is 3.20. The van der Waals surface area contributed by atoms with E-state index in [4.69, 9.17) is 0 Å². The first-order chi connectivity index (χ1) is 10.6. The van der Waals surface area contributed by atoms with Crippen LogP contribution in [0.1, 0.15) is 52.4 Å². The van der Waals surface area contributed by atoms with E-state index in [1.807, 2.05) is 16.8 Å². The molecule has 5 nitrogen and oxygen atoms in total. The zero-order valence-electron chi connectivity index (χ0n) is 15.0. The molecule has 2 amide bonds. The van der Waals surface area contributed by atoms with Crippen LogP contribution in [0.5, 0.6) is 0 Å². The number of piperidine rings is 1. The molecule has 1 aliphatic rings. The molecule has 0 atom stereocenters. The Kier molecular flexibility index (Phi) is 12.1. The van der Waals surface area contributed by atoms with Crippen molar-refractivity contribution in [3.8, 4) is 0 Å². The van der Waals surface area contributed by atoms with Gasteiger partial charge in [-0.25, -0.2) is 0 Å². The summed E-state index contributed by atoms with van der Waals surface area (Å²) in [4.78, 5) is 28.3. The van der Waals surface area contributed by atoms with Gasteiger partial charge in [0, 0.05) is 39.0 Å². The van der Waals surface area contributed by atoms with Crippen LogP contribution in [-0.2, 0) is 9.59 Å². The molecule has 0 spiro atoms. The Morgan fingerprint density at radius 1 is 1.09 bits per heavy atom. The molecule has 0 saturated carbocycles. The quantitative estimate of drug-likeness (QED) is 0.696. The number of likely N-dealkylation sites (tertiary alicyclic amines) is 1. The molecule has 0 aromatic heterocycles. The van der Waals surface area contributed by atoms with Crippen molar-refractivity contribution in [2.24, 2.45) is 5.92 Å². The molecule has 23 heavy (non-hydrogen) atoms. The molecule has 0 aliphatic carbocycles. The van der Waals surface area contributed by atoms with E-state index in [0.717, 1.165) is 58.4 Å². The highest BCUT2D eigenvalue weighted by Crippen LogP contribution is 2.17. The average molecular weight is 348 g/mol. The number of hydrogen-bond donors (Lipinski definition) is 1. The summed E-state index contributed by atoms with van der Waals surface area (Å²) in [5.41, 5.74) is 0. The zero-order valence-corrected chi connectivity index (χ0v) is 15.8. The standard InChI is InChI=1S/C17H33N3O2.ClH/c1-4-10-19(11-5-2)16(21)6-7-17(22)20-12-8-15(9-13-20)14-18-3;/h15,18H,4-14H2,1-3H3;1H. The van der Waals surface area contributed by atoms with Crippen LogP contribution in [-0.4, -0.2) is 61.4 Å². The normalized spacial score (nSPS) is 15.2. The molecule has 0 radical (unpaired) electrons. The molecule has 1 fully saturated rings. The second kappa shape index (κ2) is 12.6. The van der Waals surface area contributed by atoms with E-state index >= 15 is 0 Å². The predicted molar refractivity (Wildman–Crippen MR) is 96.9 cm³/mol. The number of nitrogens with zero attached hydrogens (tertiary/aromatic N) is 2. The number of halogens is 1. The maximum atomic E-state index is 12.2. The first kappa shape index (κ1) is 22.2. The molecule has 0 aromatic carbocycles. The Hall–Kier alpha value is -0.810. The molecule has 1 heterocycles. The maximum absolute atomic E-state index is 12.2. The number of nitrogens with one attached hydrogen (secondary N) is 1. The fraction of sp³-hybridized carbons (Fsp3) is 0.882. The van der Waals surface area contributed by atoms with Crippen LogP contribution < -0.4 is 5.32 Å². The van der Waals surface area contributed by atoms with Crippen LogP contribution in [0.4, 0.5) is 0 Å². The molecule has 1 saturated heterocycles. The Morgan fingerprint density at radius 2 is 1.65 bits per heavy atom. The van der Waals surface area contributed by atoms with Crippen molar-refractivity contribution in [3.63, 3.8) is 0 Å². The van der Waals surface area contributed by atoms with E-state index in [2.05, 4.69) is 19.2 Å². The molecule has 136 valence electrons. The average Bonchev–Trinajstić information content (AvgIpc) is 2.53. The minimum absolute atomic E-state index is 0. The summed E-state index contributed by atoms with van der Waals surface area (Å²) >= 11 is 0. The van der Waals surface area contributed by atoms with Crippen molar-refractivity contribution in [3.05, 3.63) is 0 Å². The topological polar surface area (TPSA) is 52.7 Å². The van der Waals surface area contributed by atoms with Crippen LogP contribution in [0.15, 0.2) is 0 Å². The van der Waals surface area contributed by atoms with Crippen molar-refractivity contribution in [2.75, 3.05) is 39.8 Å². The van der Waals surface area contributed by atoms with Gasteiger partial charge in [0.25, 0.3) is 0 Å².